The van der Waals surface area contributed by atoms with E-state index in [9.17, 15) is 0 Å². The van der Waals surface area contributed by atoms with Gasteiger partial charge < -0.3 is 10.3 Å². The van der Waals surface area contributed by atoms with Gasteiger partial charge in [0.1, 0.15) is 0 Å². The fourth-order valence-electron chi connectivity index (χ4n) is 1.12. The van der Waals surface area contributed by atoms with Crippen LogP contribution >= 0.6 is 0 Å². The second kappa shape index (κ2) is 4.21. The molecule has 1 aromatic heterocycles. The fraction of sp³-hybridized carbons (Fsp3) is 0.750. The van der Waals surface area contributed by atoms with Gasteiger partial charge in [-0.05, 0) is 13.3 Å². The quantitative estimate of drug-likeness (QED) is 0.731. The summed E-state index contributed by atoms with van der Waals surface area (Å²) in [4.78, 5) is 4.08. The first kappa shape index (κ1) is 9.19. The molecule has 4 heteroatoms. The Morgan fingerprint density at radius 1 is 1.58 bits per heavy atom. The summed E-state index contributed by atoms with van der Waals surface area (Å²) in [5.41, 5.74) is 5.80. The zero-order valence-electron chi connectivity index (χ0n) is 7.58. The Labute approximate surface area is 72.1 Å². The van der Waals surface area contributed by atoms with Gasteiger partial charge in [-0.2, -0.15) is 4.98 Å². The topological polar surface area (TPSA) is 64.9 Å². The second-order valence-electron chi connectivity index (χ2n) is 2.99. The average molecular weight is 169 g/mol. The van der Waals surface area contributed by atoms with Gasteiger partial charge in [-0.25, -0.2) is 0 Å². The molecular formula is C8H15N3O. The van der Waals surface area contributed by atoms with E-state index < -0.39 is 0 Å². The molecule has 0 fully saturated rings. The molecule has 1 atom stereocenters. The lowest BCUT2D eigenvalue weighted by Gasteiger charge is -2.04. The van der Waals surface area contributed by atoms with Crippen LogP contribution in [0.3, 0.4) is 0 Å². The van der Waals surface area contributed by atoms with Crippen LogP contribution in [0.15, 0.2) is 4.52 Å². The van der Waals surface area contributed by atoms with Crippen LogP contribution < -0.4 is 5.73 Å². The number of nitrogens with two attached hydrogens (primary N) is 1. The Morgan fingerprint density at radius 3 is 2.83 bits per heavy atom. The zero-order chi connectivity index (χ0) is 8.97. The van der Waals surface area contributed by atoms with E-state index in [0.29, 0.717) is 18.1 Å². The minimum atomic E-state index is 0.148. The lowest BCUT2D eigenvalue weighted by atomic mass is 10.1. The van der Waals surface area contributed by atoms with Crippen LogP contribution in [0.25, 0.3) is 0 Å². The maximum absolute atomic E-state index is 5.80. The van der Waals surface area contributed by atoms with Crippen molar-refractivity contribution in [1.29, 1.82) is 0 Å². The molecular weight excluding hydrogens is 154 g/mol. The highest BCUT2D eigenvalue weighted by Crippen LogP contribution is 2.03. The summed E-state index contributed by atoms with van der Waals surface area (Å²) in [5.74, 6) is 1.32. The number of rotatable bonds is 4. The molecule has 0 spiro atoms. The Morgan fingerprint density at radius 2 is 2.33 bits per heavy atom. The second-order valence-corrected chi connectivity index (χ2v) is 2.99. The van der Waals surface area contributed by atoms with Crippen molar-refractivity contribution in [3.8, 4) is 0 Å². The molecule has 0 amide bonds. The van der Waals surface area contributed by atoms with Gasteiger partial charge in [-0.1, -0.05) is 18.5 Å². The summed E-state index contributed by atoms with van der Waals surface area (Å²) < 4.78 is 4.94. The fourth-order valence-corrected chi connectivity index (χ4v) is 1.12. The van der Waals surface area contributed by atoms with E-state index in [1.807, 2.05) is 0 Å². The largest absolute Gasteiger partial charge is 0.339 e. The molecule has 4 nitrogen and oxygen atoms in total. The molecule has 0 radical (unpaired) electrons. The normalized spacial score (nSPS) is 13.2. The van der Waals surface area contributed by atoms with Crippen LogP contribution in [0.2, 0.25) is 0 Å². The third kappa shape index (κ3) is 2.62. The molecule has 0 aromatic carbocycles. The van der Waals surface area contributed by atoms with Crippen molar-refractivity contribution in [2.75, 3.05) is 0 Å². The van der Waals surface area contributed by atoms with Crippen LogP contribution in [0, 0.1) is 6.92 Å². The maximum atomic E-state index is 5.80. The molecule has 0 saturated carbocycles. The summed E-state index contributed by atoms with van der Waals surface area (Å²) in [6.45, 7) is 3.91. The molecule has 68 valence electrons. The highest BCUT2D eigenvalue weighted by molar-refractivity contribution is 4.86. The highest BCUT2D eigenvalue weighted by atomic mass is 16.5. The molecule has 12 heavy (non-hydrogen) atoms. The minimum Gasteiger partial charge on any atom is -0.339 e. The number of hydrogen-bond acceptors (Lipinski definition) is 4. The summed E-state index contributed by atoms with van der Waals surface area (Å²) in [7, 11) is 0. The van der Waals surface area contributed by atoms with Crippen LogP contribution in [-0.4, -0.2) is 16.2 Å². The molecule has 0 aliphatic rings. The Balaban J connectivity index is 2.41. The highest BCUT2D eigenvalue weighted by Gasteiger charge is 2.08. The molecule has 1 unspecified atom stereocenters. The van der Waals surface area contributed by atoms with Gasteiger partial charge in [0.25, 0.3) is 0 Å². The van der Waals surface area contributed by atoms with Crippen molar-refractivity contribution in [2.45, 2.75) is 39.2 Å². The molecule has 1 rings (SSSR count). The van der Waals surface area contributed by atoms with Crippen LogP contribution in [0.4, 0.5) is 0 Å². The van der Waals surface area contributed by atoms with Gasteiger partial charge in [0.2, 0.25) is 5.89 Å². The lowest BCUT2D eigenvalue weighted by Crippen LogP contribution is -2.22. The van der Waals surface area contributed by atoms with Crippen molar-refractivity contribution < 1.29 is 4.52 Å². The average Bonchev–Trinajstić information content (AvgIpc) is 2.36. The van der Waals surface area contributed by atoms with Crippen molar-refractivity contribution in [2.24, 2.45) is 5.73 Å². The van der Waals surface area contributed by atoms with Crippen LogP contribution in [-0.2, 0) is 6.42 Å². The Hall–Kier alpha value is -0.900. The summed E-state index contributed by atoms with van der Waals surface area (Å²) in [5, 5.41) is 3.69. The molecule has 2 N–H and O–H groups in total. The van der Waals surface area contributed by atoms with Gasteiger partial charge in [0.05, 0.1) is 0 Å². The predicted molar refractivity (Wildman–Crippen MR) is 45.6 cm³/mol. The van der Waals surface area contributed by atoms with Gasteiger partial charge in [-0.3, -0.25) is 0 Å². The van der Waals surface area contributed by atoms with E-state index in [2.05, 4.69) is 17.1 Å². The van der Waals surface area contributed by atoms with Gasteiger partial charge in [-0.15, -0.1) is 0 Å². The van der Waals surface area contributed by atoms with E-state index in [4.69, 9.17) is 10.3 Å². The SMILES string of the molecule is CCCC(N)Cc1nc(C)no1. The summed E-state index contributed by atoms with van der Waals surface area (Å²) >= 11 is 0. The molecule has 1 aromatic rings. The van der Waals surface area contributed by atoms with Crippen molar-refractivity contribution in [1.82, 2.24) is 10.1 Å². The Kier molecular flexibility index (Phi) is 3.22. The van der Waals surface area contributed by atoms with E-state index in [-0.39, 0.29) is 6.04 Å². The van der Waals surface area contributed by atoms with Gasteiger partial charge >= 0.3 is 0 Å². The van der Waals surface area contributed by atoms with Gasteiger partial charge in [0.15, 0.2) is 5.82 Å². The molecule has 1 heterocycles. The minimum absolute atomic E-state index is 0.148. The summed E-state index contributed by atoms with van der Waals surface area (Å²) in [6.07, 6.45) is 2.78. The van der Waals surface area contributed by atoms with Gasteiger partial charge in [0, 0.05) is 12.5 Å². The van der Waals surface area contributed by atoms with Crippen molar-refractivity contribution in [3.63, 3.8) is 0 Å². The van der Waals surface area contributed by atoms with Crippen molar-refractivity contribution in [3.05, 3.63) is 11.7 Å². The number of nitrogens with zero attached hydrogens (tertiary/aromatic N) is 2. The lowest BCUT2D eigenvalue weighted by molar-refractivity contribution is 0.362. The monoisotopic (exact) mass is 169 g/mol. The first-order valence-corrected chi connectivity index (χ1v) is 4.27. The van der Waals surface area contributed by atoms with E-state index in [0.717, 1.165) is 12.8 Å². The van der Waals surface area contributed by atoms with E-state index >= 15 is 0 Å². The number of aromatic nitrogens is 2. The first-order chi connectivity index (χ1) is 5.72. The van der Waals surface area contributed by atoms with E-state index in [1.165, 1.54) is 0 Å². The Bertz CT molecular complexity index is 234. The molecule has 0 saturated heterocycles. The predicted octanol–water partition coefficient (Wildman–Crippen LogP) is 1.05. The molecule has 0 aliphatic carbocycles. The number of aryl methyl sites for hydroxylation is 1. The third-order valence-corrected chi connectivity index (χ3v) is 1.67. The van der Waals surface area contributed by atoms with E-state index in [1.54, 1.807) is 6.92 Å². The smallest absolute Gasteiger partial charge is 0.228 e. The van der Waals surface area contributed by atoms with Crippen LogP contribution in [0.5, 0.6) is 0 Å². The zero-order valence-corrected chi connectivity index (χ0v) is 7.58. The molecule has 0 bridgehead atoms. The standard InChI is InChI=1S/C8H15N3O/c1-3-4-7(9)5-8-10-6(2)11-12-8/h7H,3-5,9H2,1-2H3. The van der Waals surface area contributed by atoms with Crippen LogP contribution in [0.1, 0.15) is 31.5 Å². The summed E-state index contributed by atoms with van der Waals surface area (Å²) in [6, 6.07) is 0.148. The molecule has 0 aliphatic heterocycles. The number of hydrogen-bond donors (Lipinski definition) is 1. The first-order valence-electron chi connectivity index (χ1n) is 4.27. The third-order valence-electron chi connectivity index (χ3n) is 1.67. The van der Waals surface area contributed by atoms with Crippen molar-refractivity contribution >= 4 is 0 Å². The maximum Gasteiger partial charge on any atom is 0.228 e.